The smallest absolute Gasteiger partial charge is 0.304 e. The highest BCUT2D eigenvalue weighted by atomic mass is 35.5. The fourth-order valence-corrected chi connectivity index (χ4v) is 2.61. The van der Waals surface area contributed by atoms with Crippen molar-refractivity contribution >= 4 is 27.6 Å². The second kappa shape index (κ2) is 8.99. The predicted octanol–water partition coefficient (Wildman–Crippen LogP) is 1.29. The van der Waals surface area contributed by atoms with Crippen LogP contribution in [0.5, 0.6) is 0 Å². The largest absolute Gasteiger partial charge is 0.481 e. The summed E-state index contributed by atoms with van der Waals surface area (Å²) < 4.78 is 30.4. The van der Waals surface area contributed by atoms with E-state index >= 15 is 0 Å². The van der Waals surface area contributed by atoms with Crippen molar-refractivity contribution in [3.8, 4) is 0 Å². The normalized spacial score (nSPS) is 11.5. The van der Waals surface area contributed by atoms with Gasteiger partial charge >= 0.3 is 5.97 Å². The molecule has 0 spiro atoms. The van der Waals surface area contributed by atoms with Crippen molar-refractivity contribution in [1.82, 2.24) is 4.72 Å². The Morgan fingerprint density at radius 2 is 1.90 bits per heavy atom. The van der Waals surface area contributed by atoms with Gasteiger partial charge in [-0.25, -0.2) is 13.1 Å². The van der Waals surface area contributed by atoms with Crippen LogP contribution in [0.3, 0.4) is 0 Å². The van der Waals surface area contributed by atoms with Crippen molar-refractivity contribution in [3.05, 3.63) is 34.9 Å². The van der Waals surface area contributed by atoms with Crippen LogP contribution in [-0.2, 0) is 26.0 Å². The molecule has 6 nitrogen and oxygen atoms in total. The molecule has 0 amide bonds. The van der Waals surface area contributed by atoms with Gasteiger partial charge in [-0.05, 0) is 24.1 Å². The zero-order valence-electron chi connectivity index (χ0n) is 11.4. The summed E-state index contributed by atoms with van der Waals surface area (Å²) in [5, 5.41) is 9.09. The molecule has 0 atom stereocenters. The van der Waals surface area contributed by atoms with E-state index in [2.05, 4.69) is 4.72 Å². The van der Waals surface area contributed by atoms with Gasteiger partial charge in [-0.2, -0.15) is 0 Å². The Balaban J connectivity index is 2.11. The van der Waals surface area contributed by atoms with Gasteiger partial charge < -0.3 is 9.84 Å². The lowest BCUT2D eigenvalue weighted by Crippen LogP contribution is -2.30. The first-order valence-electron chi connectivity index (χ1n) is 6.40. The summed E-state index contributed by atoms with van der Waals surface area (Å²) in [6.07, 6.45) is 0.301. The van der Waals surface area contributed by atoms with Crippen LogP contribution in [0, 0.1) is 0 Å². The molecule has 118 valence electrons. The quantitative estimate of drug-likeness (QED) is 0.629. The average Bonchev–Trinajstić information content (AvgIpc) is 2.42. The van der Waals surface area contributed by atoms with E-state index in [1.165, 1.54) is 0 Å². The maximum absolute atomic E-state index is 11.4. The molecule has 8 heteroatoms. The lowest BCUT2D eigenvalue weighted by Gasteiger charge is -2.07. The Hall–Kier alpha value is -1.15. The topological polar surface area (TPSA) is 92.7 Å². The SMILES string of the molecule is O=C(O)CCS(=O)(=O)NCCOCCc1ccc(Cl)cc1. The number of aliphatic carboxylic acids is 1. The molecule has 0 aliphatic heterocycles. The number of ether oxygens (including phenoxy) is 1. The molecule has 1 aromatic rings. The molecule has 0 unspecified atom stereocenters. The molecule has 0 fully saturated rings. The number of carboxylic acid groups (broad SMARTS) is 1. The van der Waals surface area contributed by atoms with Gasteiger partial charge in [-0.15, -0.1) is 0 Å². The third-order valence-electron chi connectivity index (χ3n) is 2.60. The first kappa shape index (κ1) is 17.9. The third-order valence-corrected chi connectivity index (χ3v) is 4.24. The summed E-state index contributed by atoms with van der Waals surface area (Å²) in [4.78, 5) is 10.3. The molecule has 0 saturated carbocycles. The van der Waals surface area contributed by atoms with Gasteiger partial charge in [0.05, 0.1) is 25.4 Å². The number of carbonyl (C=O) groups is 1. The van der Waals surface area contributed by atoms with Crippen molar-refractivity contribution in [2.75, 3.05) is 25.5 Å². The zero-order chi connectivity index (χ0) is 15.7. The molecular weight excluding hydrogens is 318 g/mol. The summed E-state index contributed by atoms with van der Waals surface area (Å²) in [7, 11) is -3.55. The Labute approximate surface area is 129 Å². The van der Waals surface area contributed by atoms with Crippen molar-refractivity contribution < 1.29 is 23.1 Å². The van der Waals surface area contributed by atoms with Crippen LogP contribution in [0.2, 0.25) is 5.02 Å². The summed E-state index contributed by atoms with van der Waals surface area (Å²) in [6.45, 7) is 0.834. The van der Waals surface area contributed by atoms with Crippen LogP contribution >= 0.6 is 11.6 Å². The van der Waals surface area contributed by atoms with E-state index in [1.807, 2.05) is 12.1 Å². The maximum atomic E-state index is 11.4. The molecule has 0 aliphatic rings. The molecule has 0 radical (unpaired) electrons. The van der Waals surface area contributed by atoms with Gasteiger partial charge in [0.2, 0.25) is 10.0 Å². The van der Waals surface area contributed by atoms with Crippen LogP contribution < -0.4 is 4.72 Å². The molecule has 21 heavy (non-hydrogen) atoms. The van der Waals surface area contributed by atoms with E-state index in [1.54, 1.807) is 12.1 Å². The van der Waals surface area contributed by atoms with Crippen LogP contribution in [0.25, 0.3) is 0 Å². The summed E-state index contributed by atoms with van der Waals surface area (Å²) in [5.41, 5.74) is 1.08. The van der Waals surface area contributed by atoms with Crippen LogP contribution in [0.15, 0.2) is 24.3 Å². The lowest BCUT2D eigenvalue weighted by atomic mass is 10.2. The highest BCUT2D eigenvalue weighted by Crippen LogP contribution is 2.09. The van der Waals surface area contributed by atoms with Crippen molar-refractivity contribution in [3.63, 3.8) is 0 Å². The molecule has 0 saturated heterocycles. The molecule has 0 aromatic heterocycles. The molecular formula is C13H18ClNO5S. The van der Waals surface area contributed by atoms with E-state index in [0.29, 0.717) is 18.1 Å². The first-order chi connectivity index (χ1) is 9.89. The minimum absolute atomic E-state index is 0.128. The van der Waals surface area contributed by atoms with Crippen molar-refractivity contribution in [2.45, 2.75) is 12.8 Å². The Bertz CT molecular complexity index is 544. The number of rotatable bonds is 10. The van der Waals surface area contributed by atoms with Crippen LogP contribution in [0.4, 0.5) is 0 Å². The van der Waals surface area contributed by atoms with Crippen LogP contribution in [-0.4, -0.2) is 45.0 Å². The maximum Gasteiger partial charge on any atom is 0.304 e. The average molecular weight is 336 g/mol. The first-order valence-corrected chi connectivity index (χ1v) is 8.43. The summed E-state index contributed by atoms with van der Waals surface area (Å²) in [5.74, 6) is -1.56. The van der Waals surface area contributed by atoms with E-state index in [0.717, 1.165) is 5.56 Å². The monoisotopic (exact) mass is 335 g/mol. The predicted molar refractivity (Wildman–Crippen MR) is 80.0 cm³/mol. The van der Waals surface area contributed by atoms with Gasteiger partial charge in [0.15, 0.2) is 0 Å². The molecule has 1 rings (SSSR count). The van der Waals surface area contributed by atoms with Gasteiger partial charge in [-0.1, -0.05) is 23.7 Å². The minimum Gasteiger partial charge on any atom is -0.481 e. The number of halogens is 1. The molecule has 2 N–H and O–H groups in total. The van der Waals surface area contributed by atoms with E-state index < -0.39 is 28.2 Å². The number of benzene rings is 1. The summed E-state index contributed by atoms with van der Waals surface area (Å²) in [6, 6.07) is 7.40. The molecule has 1 aromatic carbocycles. The second-order valence-corrected chi connectivity index (χ2v) is 6.71. The number of hydrogen-bond donors (Lipinski definition) is 2. The summed E-state index contributed by atoms with van der Waals surface area (Å²) >= 11 is 5.77. The van der Waals surface area contributed by atoms with Crippen molar-refractivity contribution in [1.29, 1.82) is 0 Å². The standard InChI is InChI=1S/C13H18ClNO5S/c14-12-3-1-11(2-4-12)5-8-20-9-7-15-21(18,19)10-6-13(16)17/h1-4,15H,5-10H2,(H,16,17). The Kier molecular flexibility index (Phi) is 7.66. The van der Waals surface area contributed by atoms with E-state index in [4.69, 9.17) is 21.4 Å². The fourth-order valence-electron chi connectivity index (χ4n) is 1.51. The number of hydrogen-bond acceptors (Lipinski definition) is 4. The second-order valence-electron chi connectivity index (χ2n) is 4.35. The van der Waals surface area contributed by atoms with Gasteiger partial charge in [0, 0.05) is 11.6 Å². The van der Waals surface area contributed by atoms with Gasteiger partial charge in [0.25, 0.3) is 0 Å². The molecule has 0 aliphatic carbocycles. The van der Waals surface area contributed by atoms with Gasteiger partial charge in [-0.3, -0.25) is 4.79 Å². The molecule has 0 heterocycles. The highest BCUT2D eigenvalue weighted by Gasteiger charge is 2.11. The Morgan fingerprint density at radius 3 is 2.52 bits per heavy atom. The third kappa shape index (κ3) is 8.67. The van der Waals surface area contributed by atoms with Gasteiger partial charge in [0.1, 0.15) is 0 Å². The number of nitrogens with one attached hydrogen (secondary N) is 1. The highest BCUT2D eigenvalue weighted by molar-refractivity contribution is 7.89. The minimum atomic E-state index is -3.55. The van der Waals surface area contributed by atoms with Crippen molar-refractivity contribution in [2.24, 2.45) is 0 Å². The van der Waals surface area contributed by atoms with Crippen LogP contribution in [0.1, 0.15) is 12.0 Å². The lowest BCUT2D eigenvalue weighted by molar-refractivity contribution is -0.136. The number of carboxylic acids is 1. The fraction of sp³-hybridized carbons (Fsp3) is 0.462. The molecule has 0 bridgehead atoms. The number of sulfonamides is 1. The zero-order valence-corrected chi connectivity index (χ0v) is 13.0. The Morgan fingerprint density at radius 1 is 1.24 bits per heavy atom. The van der Waals surface area contributed by atoms with E-state index in [9.17, 15) is 13.2 Å². The van der Waals surface area contributed by atoms with E-state index in [-0.39, 0.29) is 13.2 Å².